The van der Waals surface area contributed by atoms with Gasteiger partial charge in [-0.1, -0.05) is 0 Å². The lowest BCUT2D eigenvalue weighted by Gasteiger charge is -2.17. The van der Waals surface area contributed by atoms with Crippen molar-refractivity contribution in [3.05, 3.63) is 28.7 Å². The molecule has 0 saturated heterocycles. The zero-order chi connectivity index (χ0) is 12.3. The summed E-state index contributed by atoms with van der Waals surface area (Å²) in [6, 6.07) is 3.95. The first-order valence-electron chi connectivity index (χ1n) is 4.52. The minimum absolute atomic E-state index is 0.0646. The van der Waals surface area contributed by atoms with Gasteiger partial charge in [-0.05, 0) is 42.8 Å². The van der Waals surface area contributed by atoms with E-state index >= 15 is 0 Å². The Morgan fingerprint density at radius 1 is 1.38 bits per heavy atom. The third-order valence-electron chi connectivity index (χ3n) is 2.04. The quantitative estimate of drug-likeness (QED) is 0.746. The van der Waals surface area contributed by atoms with Gasteiger partial charge < -0.3 is 4.74 Å². The summed E-state index contributed by atoms with van der Waals surface area (Å²) >= 11 is 0. The van der Waals surface area contributed by atoms with E-state index < -0.39 is 12.3 Å². The largest absolute Gasteiger partial charge is 0.481 e. The van der Waals surface area contributed by atoms with Crippen LogP contribution in [0.15, 0.2) is 23.4 Å². The normalized spacial score (nSPS) is 13.3. The molecule has 0 radical (unpaired) electrons. The molecule has 0 aromatic heterocycles. The fourth-order valence-corrected chi connectivity index (χ4v) is 1.07. The number of nitrogens with zero attached hydrogens (tertiary/aromatic N) is 1. The Labute approximate surface area is 90.2 Å². The predicted octanol–water partition coefficient (Wildman–Crippen LogP) is 3.72. The van der Waals surface area contributed by atoms with Crippen molar-refractivity contribution in [1.29, 1.82) is 0 Å². The van der Waals surface area contributed by atoms with Gasteiger partial charge in [0.25, 0.3) is 0 Å². The number of hydrogen-bond donors (Lipinski definition) is 0. The number of halogens is 3. The van der Waals surface area contributed by atoms with E-state index in [-0.39, 0.29) is 11.4 Å². The molecule has 0 saturated carbocycles. The van der Waals surface area contributed by atoms with E-state index in [4.69, 9.17) is 4.74 Å². The van der Waals surface area contributed by atoms with Crippen LogP contribution in [-0.4, -0.2) is 12.3 Å². The fourth-order valence-electron chi connectivity index (χ4n) is 1.07. The van der Waals surface area contributed by atoms with Crippen molar-refractivity contribution in [2.75, 3.05) is 0 Å². The third-order valence-corrected chi connectivity index (χ3v) is 2.04. The van der Waals surface area contributed by atoms with E-state index in [2.05, 4.69) is 5.18 Å². The first kappa shape index (κ1) is 12.5. The highest BCUT2D eigenvalue weighted by atomic mass is 19.4. The minimum atomic E-state index is -4.41. The third kappa shape index (κ3) is 2.95. The Balaban J connectivity index is 2.83. The minimum Gasteiger partial charge on any atom is -0.481 e. The number of benzene rings is 1. The van der Waals surface area contributed by atoms with Crippen molar-refractivity contribution in [3.8, 4) is 5.75 Å². The molecule has 0 aliphatic heterocycles. The molecule has 1 aromatic carbocycles. The maximum absolute atomic E-state index is 12.2. The summed E-state index contributed by atoms with van der Waals surface area (Å²) < 4.78 is 41.3. The van der Waals surface area contributed by atoms with Crippen molar-refractivity contribution in [1.82, 2.24) is 0 Å². The Hall–Kier alpha value is -1.59. The van der Waals surface area contributed by atoms with Crippen molar-refractivity contribution in [2.24, 2.45) is 5.18 Å². The molecule has 1 rings (SSSR count). The molecule has 88 valence electrons. The number of nitroso groups, excluding NO2 is 1. The van der Waals surface area contributed by atoms with Gasteiger partial charge in [0, 0.05) is 0 Å². The molecule has 0 bridgehead atoms. The molecular formula is C10H10F3NO2. The first-order chi connectivity index (χ1) is 7.34. The Morgan fingerprint density at radius 2 is 2.00 bits per heavy atom. The molecule has 1 unspecified atom stereocenters. The maximum atomic E-state index is 12.2. The second-order valence-electron chi connectivity index (χ2n) is 3.34. The molecule has 0 N–H and O–H groups in total. The van der Waals surface area contributed by atoms with Gasteiger partial charge in [-0.2, -0.15) is 13.2 Å². The Bertz CT molecular complexity index is 390. The molecule has 0 aliphatic rings. The molecule has 0 spiro atoms. The van der Waals surface area contributed by atoms with Crippen LogP contribution >= 0.6 is 0 Å². The lowest BCUT2D eigenvalue weighted by molar-refractivity contribution is -0.189. The van der Waals surface area contributed by atoms with Crippen molar-refractivity contribution in [2.45, 2.75) is 26.1 Å². The molecule has 0 amide bonds. The molecule has 1 atom stereocenters. The monoisotopic (exact) mass is 233 g/mol. The van der Waals surface area contributed by atoms with Gasteiger partial charge in [-0.15, -0.1) is 4.91 Å². The Kier molecular flexibility index (Phi) is 3.51. The molecule has 0 fully saturated rings. The number of rotatable bonds is 3. The molecule has 0 aliphatic carbocycles. The average molecular weight is 233 g/mol. The smallest absolute Gasteiger partial charge is 0.425 e. The van der Waals surface area contributed by atoms with E-state index in [0.29, 0.717) is 5.56 Å². The van der Waals surface area contributed by atoms with E-state index in [1.807, 2.05) is 0 Å². The zero-order valence-electron chi connectivity index (χ0n) is 8.71. The predicted molar refractivity (Wildman–Crippen MR) is 52.8 cm³/mol. The molecule has 0 heterocycles. The van der Waals surface area contributed by atoms with Crippen molar-refractivity contribution < 1.29 is 17.9 Å². The van der Waals surface area contributed by atoms with E-state index in [1.54, 1.807) is 6.92 Å². The maximum Gasteiger partial charge on any atom is 0.425 e. The summed E-state index contributed by atoms with van der Waals surface area (Å²) in [7, 11) is 0. The summed E-state index contributed by atoms with van der Waals surface area (Å²) in [4.78, 5) is 10.2. The molecule has 3 nitrogen and oxygen atoms in total. The highest BCUT2D eigenvalue weighted by Gasteiger charge is 2.38. The molecule has 16 heavy (non-hydrogen) atoms. The summed E-state index contributed by atoms with van der Waals surface area (Å²) in [5.41, 5.74) is 0.661. The SMILES string of the molecule is Cc1cc(OC(C)C(F)(F)F)ccc1N=O. The number of hydrogen-bond acceptors (Lipinski definition) is 3. The van der Waals surface area contributed by atoms with Crippen molar-refractivity contribution >= 4 is 5.69 Å². The van der Waals surface area contributed by atoms with Crippen LogP contribution in [0, 0.1) is 11.8 Å². The lowest BCUT2D eigenvalue weighted by atomic mass is 10.2. The second kappa shape index (κ2) is 4.51. The van der Waals surface area contributed by atoms with Gasteiger partial charge in [0.05, 0.1) is 0 Å². The number of aryl methyl sites for hydroxylation is 1. The standard InChI is InChI=1S/C10H10F3NO2/c1-6-5-8(3-4-9(6)14-15)16-7(2)10(11,12)13/h3-5,7H,1-2H3. The first-order valence-corrected chi connectivity index (χ1v) is 4.52. The van der Waals surface area contributed by atoms with Gasteiger partial charge >= 0.3 is 6.18 Å². The van der Waals surface area contributed by atoms with Crippen LogP contribution in [0.4, 0.5) is 18.9 Å². The molecule has 6 heteroatoms. The van der Waals surface area contributed by atoms with Crippen LogP contribution < -0.4 is 4.74 Å². The van der Waals surface area contributed by atoms with Gasteiger partial charge in [0.2, 0.25) is 0 Å². The van der Waals surface area contributed by atoms with Crippen LogP contribution in [0.1, 0.15) is 12.5 Å². The zero-order valence-corrected chi connectivity index (χ0v) is 8.71. The topological polar surface area (TPSA) is 38.7 Å². The van der Waals surface area contributed by atoms with Gasteiger partial charge in [0.15, 0.2) is 6.10 Å². The van der Waals surface area contributed by atoms with E-state index in [1.165, 1.54) is 18.2 Å². The van der Waals surface area contributed by atoms with Crippen LogP contribution in [0.3, 0.4) is 0 Å². The van der Waals surface area contributed by atoms with Crippen molar-refractivity contribution in [3.63, 3.8) is 0 Å². The summed E-state index contributed by atoms with van der Waals surface area (Å²) in [5.74, 6) is 0.0646. The van der Waals surface area contributed by atoms with E-state index in [0.717, 1.165) is 6.92 Å². The van der Waals surface area contributed by atoms with Crippen LogP contribution in [0.5, 0.6) is 5.75 Å². The van der Waals surface area contributed by atoms with Gasteiger partial charge in [-0.25, -0.2) is 0 Å². The Morgan fingerprint density at radius 3 is 2.44 bits per heavy atom. The van der Waals surface area contributed by atoms with Crippen LogP contribution in [-0.2, 0) is 0 Å². The second-order valence-corrected chi connectivity index (χ2v) is 3.34. The fraction of sp³-hybridized carbons (Fsp3) is 0.400. The lowest BCUT2D eigenvalue weighted by Crippen LogP contribution is -2.31. The number of ether oxygens (including phenoxy) is 1. The summed E-state index contributed by atoms with van der Waals surface area (Å²) in [5, 5.41) is 2.71. The summed E-state index contributed by atoms with van der Waals surface area (Å²) in [6.45, 7) is 2.49. The van der Waals surface area contributed by atoms with Gasteiger partial charge in [-0.3, -0.25) is 0 Å². The molecule has 1 aromatic rings. The van der Waals surface area contributed by atoms with Crippen LogP contribution in [0.2, 0.25) is 0 Å². The van der Waals surface area contributed by atoms with Gasteiger partial charge in [0.1, 0.15) is 11.4 Å². The average Bonchev–Trinajstić information content (AvgIpc) is 2.16. The highest BCUT2D eigenvalue weighted by molar-refractivity contribution is 5.48. The van der Waals surface area contributed by atoms with E-state index in [9.17, 15) is 18.1 Å². The van der Waals surface area contributed by atoms with Crippen LogP contribution in [0.25, 0.3) is 0 Å². The number of alkyl halides is 3. The highest BCUT2D eigenvalue weighted by Crippen LogP contribution is 2.28. The summed E-state index contributed by atoms with van der Waals surface area (Å²) in [6.07, 6.45) is -6.29. The molecular weight excluding hydrogens is 223 g/mol.